The number of carbonyl (C=O) groups is 3. The average molecular weight is 462 g/mol. The van der Waals surface area contributed by atoms with E-state index in [1.54, 1.807) is 9.80 Å². The number of nitrogens with one attached hydrogen (secondary N) is 1. The molecule has 9 nitrogen and oxygen atoms in total. The Bertz CT molecular complexity index is 976. The first-order valence-electron chi connectivity index (χ1n) is 9.99. The van der Waals surface area contributed by atoms with Crippen LogP contribution in [0.3, 0.4) is 0 Å². The first-order valence-corrected chi connectivity index (χ1v) is 11.8. The number of carbonyl (C=O) groups excluding carboxylic acids is 3. The Hall–Kier alpha value is -2.50. The molecule has 164 valence electrons. The Labute approximate surface area is 188 Å². The molecule has 1 aromatic carbocycles. The fraction of sp³-hybridized carbons (Fsp3) is 0.450. The standard InChI is InChI=1S/C20H23N5O4S2/c1-13-3-2-4-15(9-13)25-11-14(10-16(25)26)18(28)21-19-22-23-20(31-19)30-12-17(27)24-5-7-29-8-6-24/h2-4,9,14H,5-8,10-12H2,1H3,(H,21,22,28)/t14-/m0/s1. The molecule has 1 atom stereocenters. The van der Waals surface area contributed by atoms with E-state index < -0.39 is 5.92 Å². The van der Waals surface area contributed by atoms with Crippen molar-refractivity contribution in [2.75, 3.05) is 48.8 Å². The van der Waals surface area contributed by atoms with Crippen LogP contribution in [0.2, 0.25) is 0 Å². The fourth-order valence-corrected chi connectivity index (χ4v) is 5.14. The molecule has 31 heavy (non-hydrogen) atoms. The summed E-state index contributed by atoms with van der Waals surface area (Å²) in [4.78, 5) is 40.7. The van der Waals surface area contributed by atoms with Crippen LogP contribution in [0.4, 0.5) is 10.8 Å². The number of benzene rings is 1. The summed E-state index contributed by atoms with van der Waals surface area (Å²) in [6.45, 7) is 4.65. The zero-order valence-electron chi connectivity index (χ0n) is 17.1. The minimum absolute atomic E-state index is 0.0368. The molecule has 0 bridgehead atoms. The molecule has 0 unspecified atom stereocenters. The number of anilines is 2. The van der Waals surface area contributed by atoms with Crippen molar-refractivity contribution in [3.05, 3.63) is 29.8 Å². The third-order valence-electron chi connectivity index (χ3n) is 5.13. The van der Waals surface area contributed by atoms with Crippen LogP contribution >= 0.6 is 23.1 Å². The second kappa shape index (κ2) is 9.75. The number of aryl methyl sites for hydroxylation is 1. The maximum atomic E-state index is 12.7. The summed E-state index contributed by atoms with van der Waals surface area (Å²) in [5.41, 5.74) is 1.86. The van der Waals surface area contributed by atoms with Crippen molar-refractivity contribution in [2.24, 2.45) is 5.92 Å². The van der Waals surface area contributed by atoms with Gasteiger partial charge >= 0.3 is 0 Å². The molecule has 1 N–H and O–H groups in total. The zero-order chi connectivity index (χ0) is 21.8. The second-order valence-electron chi connectivity index (χ2n) is 7.39. The van der Waals surface area contributed by atoms with Crippen LogP contribution in [0.15, 0.2) is 28.6 Å². The predicted octanol–water partition coefficient (Wildman–Crippen LogP) is 1.79. The molecule has 0 spiro atoms. The van der Waals surface area contributed by atoms with E-state index in [0.717, 1.165) is 11.3 Å². The van der Waals surface area contributed by atoms with E-state index >= 15 is 0 Å². The van der Waals surface area contributed by atoms with E-state index in [2.05, 4.69) is 15.5 Å². The van der Waals surface area contributed by atoms with Crippen LogP contribution in [0.25, 0.3) is 0 Å². The fourth-order valence-electron chi connectivity index (χ4n) is 3.48. The number of nitrogens with zero attached hydrogens (tertiary/aromatic N) is 4. The van der Waals surface area contributed by atoms with Crippen LogP contribution in [0, 0.1) is 12.8 Å². The molecule has 2 aromatic rings. The van der Waals surface area contributed by atoms with Gasteiger partial charge in [0.15, 0.2) is 4.34 Å². The Morgan fingerprint density at radius 1 is 1.29 bits per heavy atom. The molecular formula is C20H23N5O4S2. The zero-order valence-corrected chi connectivity index (χ0v) is 18.7. The number of hydrogen-bond acceptors (Lipinski definition) is 8. The topological polar surface area (TPSA) is 105 Å². The van der Waals surface area contributed by atoms with Gasteiger partial charge < -0.3 is 19.9 Å². The largest absolute Gasteiger partial charge is 0.378 e. The average Bonchev–Trinajstić information content (AvgIpc) is 3.39. The smallest absolute Gasteiger partial charge is 0.233 e. The van der Waals surface area contributed by atoms with E-state index in [-0.39, 0.29) is 29.9 Å². The first kappa shape index (κ1) is 21.7. The SMILES string of the molecule is Cc1cccc(N2C[C@@H](C(=O)Nc3nnc(SCC(=O)N4CCOCC4)s3)CC2=O)c1. The summed E-state index contributed by atoms with van der Waals surface area (Å²) in [6.07, 6.45) is 0.161. The summed E-state index contributed by atoms with van der Waals surface area (Å²) in [6, 6.07) is 7.67. The number of aromatic nitrogens is 2. The number of amides is 3. The highest BCUT2D eigenvalue weighted by Crippen LogP contribution is 2.29. The number of rotatable bonds is 6. The van der Waals surface area contributed by atoms with E-state index in [0.29, 0.717) is 42.3 Å². The lowest BCUT2D eigenvalue weighted by molar-refractivity contribution is -0.132. The maximum Gasteiger partial charge on any atom is 0.233 e. The highest BCUT2D eigenvalue weighted by atomic mass is 32.2. The van der Waals surface area contributed by atoms with Gasteiger partial charge in [-0.25, -0.2) is 0 Å². The molecule has 3 amide bonds. The number of morpholine rings is 1. The third kappa shape index (κ3) is 5.41. The summed E-state index contributed by atoms with van der Waals surface area (Å²) >= 11 is 2.52. The van der Waals surface area contributed by atoms with E-state index in [4.69, 9.17) is 4.74 Å². The van der Waals surface area contributed by atoms with Crippen molar-refractivity contribution in [3.63, 3.8) is 0 Å². The third-order valence-corrected chi connectivity index (χ3v) is 7.09. The van der Waals surface area contributed by atoms with Gasteiger partial charge in [0.1, 0.15) is 0 Å². The van der Waals surface area contributed by atoms with Gasteiger partial charge in [-0.2, -0.15) is 0 Å². The minimum Gasteiger partial charge on any atom is -0.378 e. The van der Waals surface area contributed by atoms with Gasteiger partial charge in [0.25, 0.3) is 0 Å². The summed E-state index contributed by atoms with van der Waals surface area (Å²) in [7, 11) is 0. The van der Waals surface area contributed by atoms with Gasteiger partial charge in [-0.15, -0.1) is 10.2 Å². The Morgan fingerprint density at radius 2 is 2.10 bits per heavy atom. The molecule has 0 saturated carbocycles. The van der Waals surface area contributed by atoms with Crippen LogP contribution < -0.4 is 10.2 Å². The number of hydrogen-bond donors (Lipinski definition) is 1. The normalized spacial score (nSPS) is 19.0. The summed E-state index contributed by atoms with van der Waals surface area (Å²) in [5, 5.41) is 11.2. The first-order chi connectivity index (χ1) is 15.0. The lowest BCUT2D eigenvalue weighted by atomic mass is 10.1. The lowest BCUT2D eigenvalue weighted by Gasteiger charge is -2.26. The Balaban J connectivity index is 1.29. The van der Waals surface area contributed by atoms with Gasteiger partial charge in [-0.3, -0.25) is 14.4 Å². The van der Waals surface area contributed by atoms with E-state index in [1.807, 2.05) is 31.2 Å². The van der Waals surface area contributed by atoms with Gasteiger partial charge in [0.05, 0.1) is 24.9 Å². The predicted molar refractivity (Wildman–Crippen MR) is 118 cm³/mol. The molecule has 2 aliphatic heterocycles. The van der Waals surface area contributed by atoms with Crippen molar-refractivity contribution in [3.8, 4) is 0 Å². The second-order valence-corrected chi connectivity index (χ2v) is 9.59. The number of ether oxygens (including phenoxy) is 1. The van der Waals surface area contributed by atoms with Crippen LogP contribution in [0.1, 0.15) is 12.0 Å². The van der Waals surface area contributed by atoms with Crippen molar-refractivity contribution < 1.29 is 19.1 Å². The molecule has 3 heterocycles. The molecule has 1 aromatic heterocycles. The Morgan fingerprint density at radius 3 is 2.87 bits per heavy atom. The van der Waals surface area contributed by atoms with Crippen LogP contribution in [-0.4, -0.2) is 71.4 Å². The Kier molecular flexibility index (Phi) is 6.83. The van der Waals surface area contributed by atoms with Gasteiger partial charge in [-0.1, -0.05) is 35.2 Å². The molecule has 0 radical (unpaired) electrons. The van der Waals surface area contributed by atoms with E-state index in [9.17, 15) is 14.4 Å². The molecule has 4 rings (SSSR count). The van der Waals surface area contributed by atoms with Crippen molar-refractivity contribution >= 4 is 51.6 Å². The highest BCUT2D eigenvalue weighted by Gasteiger charge is 2.35. The minimum atomic E-state index is -0.448. The van der Waals surface area contributed by atoms with E-state index in [1.165, 1.54) is 23.1 Å². The van der Waals surface area contributed by atoms with Crippen molar-refractivity contribution in [1.82, 2.24) is 15.1 Å². The van der Waals surface area contributed by atoms with Crippen molar-refractivity contribution in [2.45, 2.75) is 17.7 Å². The quantitative estimate of drug-likeness (QED) is 0.517. The molecule has 2 saturated heterocycles. The number of thioether (sulfide) groups is 1. The molecule has 2 aliphatic rings. The van der Waals surface area contributed by atoms with Crippen LogP contribution in [0.5, 0.6) is 0 Å². The molecule has 0 aliphatic carbocycles. The summed E-state index contributed by atoms with van der Waals surface area (Å²) in [5.74, 6) is -0.460. The molecule has 2 fully saturated rings. The molecule has 11 heteroatoms. The maximum absolute atomic E-state index is 12.7. The van der Waals surface area contributed by atoms with Gasteiger partial charge in [0, 0.05) is 31.7 Å². The molecular weight excluding hydrogens is 438 g/mol. The van der Waals surface area contributed by atoms with Gasteiger partial charge in [-0.05, 0) is 24.6 Å². The van der Waals surface area contributed by atoms with Gasteiger partial charge in [0.2, 0.25) is 22.9 Å². The van der Waals surface area contributed by atoms with Crippen molar-refractivity contribution in [1.29, 1.82) is 0 Å². The lowest BCUT2D eigenvalue weighted by Crippen LogP contribution is -2.41. The van der Waals surface area contributed by atoms with Crippen LogP contribution in [-0.2, 0) is 19.1 Å². The summed E-state index contributed by atoms with van der Waals surface area (Å²) < 4.78 is 5.87. The monoisotopic (exact) mass is 461 g/mol. The highest BCUT2D eigenvalue weighted by molar-refractivity contribution is 8.01.